The number of benzene rings is 1. The van der Waals surface area contributed by atoms with E-state index in [1.807, 2.05) is 13.0 Å². The summed E-state index contributed by atoms with van der Waals surface area (Å²) in [5.74, 6) is -0.118. The number of carbonyl (C=O) groups excluding carboxylic acids is 1. The minimum Gasteiger partial charge on any atom is -0.455 e. The minimum atomic E-state index is -2.48. The van der Waals surface area contributed by atoms with E-state index in [0.29, 0.717) is 5.56 Å². The van der Waals surface area contributed by atoms with E-state index >= 15 is 0 Å². The van der Waals surface area contributed by atoms with E-state index in [-0.39, 0.29) is 23.6 Å². The van der Waals surface area contributed by atoms with Crippen LogP contribution >= 0.6 is 0 Å². The molecule has 0 spiro atoms. The van der Waals surface area contributed by atoms with Gasteiger partial charge < -0.3 is 4.74 Å². The fourth-order valence-electron chi connectivity index (χ4n) is 3.56. The highest BCUT2D eigenvalue weighted by molar-refractivity contribution is 7.72. The average Bonchev–Trinajstić information content (AvgIpc) is 2.50. The average molecular weight is 324 g/mol. The van der Waals surface area contributed by atoms with E-state index in [9.17, 15) is 13.2 Å². The van der Waals surface area contributed by atoms with Crippen LogP contribution in [-0.2, 0) is 15.4 Å². The number of ether oxygens (including phenoxy) is 1. The lowest BCUT2D eigenvalue weighted by Gasteiger charge is -2.44. The molecule has 1 aliphatic rings. The molecule has 0 amide bonds. The summed E-state index contributed by atoms with van der Waals surface area (Å²) in [6, 6.07) is 8.86. The predicted molar refractivity (Wildman–Crippen MR) is 86.6 cm³/mol. The second-order valence-corrected chi connectivity index (χ2v) is 7.28. The molecule has 0 radical (unpaired) electrons. The Hall–Kier alpha value is -1.36. The highest BCUT2D eigenvalue weighted by Gasteiger charge is 2.45. The number of rotatable bonds is 5. The molecule has 1 aromatic rings. The molecule has 1 saturated carbocycles. The zero-order valence-electron chi connectivity index (χ0n) is 13.2. The van der Waals surface area contributed by atoms with Crippen molar-refractivity contribution in [2.24, 2.45) is 11.8 Å². The van der Waals surface area contributed by atoms with Crippen molar-refractivity contribution in [2.45, 2.75) is 45.1 Å². The first-order valence-electron chi connectivity index (χ1n) is 7.86. The largest absolute Gasteiger partial charge is 0.455 e. The van der Waals surface area contributed by atoms with Crippen molar-refractivity contribution in [1.29, 1.82) is 0 Å². The van der Waals surface area contributed by atoms with Gasteiger partial charge in [0.25, 0.3) is 0 Å². The molecule has 5 heteroatoms. The predicted octanol–water partition coefficient (Wildman–Crippen LogP) is 3.04. The molecule has 4 nitrogen and oxygen atoms in total. The van der Waals surface area contributed by atoms with Crippen molar-refractivity contribution in [1.82, 2.24) is 0 Å². The lowest BCUT2D eigenvalue weighted by atomic mass is 9.69. The van der Waals surface area contributed by atoms with Gasteiger partial charge in [-0.15, -0.1) is 0 Å². The summed E-state index contributed by atoms with van der Waals surface area (Å²) in [6.07, 6.45) is 3.59. The molecule has 0 bridgehead atoms. The van der Waals surface area contributed by atoms with Crippen LogP contribution in [0.15, 0.2) is 30.3 Å². The molecule has 0 aromatic heterocycles. The van der Waals surface area contributed by atoms with Crippen LogP contribution < -0.4 is 0 Å². The van der Waals surface area contributed by atoms with Crippen LogP contribution in [0.25, 0.3) is 0 Å². The molecule has 2 rings (SSSR count). The molecule has 3 atom stereocenters. The van der Waals surface area contributed by atoms with Gasteiger partial charge in [-0.1, -0.05) is 31.5 Å². The normalized spacial score (nSPS) is 28.5. The van der Waals surface area contributed by atoms with Crippen LogP contribution in [0, 0.1) is 11.8 Å². The molecule has 0 heterocycles. The molecule has 22 heavy (non-hydrogen) atoms. The Balaban J connectivity index is 2.22. The molecule has 0 saturated heterocycles. The van der Waals surface area contributed by atoms with Crippen LogP contribution in [0.5, 0.6) is 0 Å². The lowest BCUT2D eigenvalue weighted by molar-refractivity contribution is -0.0722. The van der Waals surface area contributed by atoms with Crippen molar-refractivity contribution in [3.05, 3.63) is 35.9 Å². The summed E-state index contributed by atoms with van der Waals surface area (Å²) in [7, 11) is -2.48. The Kier molecular flexibility index (Phi) is 5.62. The highest BCUT2D eigenvalue weighted by atomic mass is 32.2. The Morgan fingerprint density at radius 1 is 1.32 bits per heavy atom. The van der Waals surface area contributed by atoms with Gasteiger partial charge in [-0.05, 0) is 44.2 Å². The first-order valence-corrected chi connectivity index (χ1v) is 9.22. The molecule has 1 aliphatic carbocycles. The van der Waals surface area contributed by atoms with Crippen LogP contribution in [0.4, 0.5) is 0 Å². The molecule has 0 N–H and O–H groups in total. The van der Waals surface area contributed by atoms with Crippen LogP contribution in [0.1, 0.15) is 49.9 Å². The third-order valence-corrected chi connectivity index (χ3v) is 5.50. The summed E-state index contributed by atoms with van der Waals surface area (Å²) < 4.78 is 28.3. The number of carbonyl (C=O) groups is 1. The van der Waals surface area contributed by atoms with E-state index < -0.39 is 16.3 Å². The SMILES string of the molecule is CCC1CCCC(C)(OC(=O)c2ccccc2)C1C[SH](=O)=O. The van der Waals surface area contributed by atoms with Crippen molar-refractivity contribution < 1.29 is 17.9 Å². The molecular formula is C17H24O4S. The summed E-state index contributed by atoms with van der Waals surface area (Å²) in [5, 5.41) is 0. The van der Waals surface area contributed by atoms with Crippen molar-refractivity contribution in [2.75, 3.05) is 5.75 Å². The Labute approximate surface area is 133 Å². The van der Waals surface area contributed by atoms with E-state index in [2.05, 4.69) is 6.92 Å². The van der Waals surface area contributed by atoms with Gasteiger partial charge in [0.05, 0.1) is 11.3 Å². The van der Waals surface area contributed by atoms with Gasteiger partial charge in [0.2, 0.25) is 0 Å². The molecule has 3 unspecified atom stereocenters. The fraction of sp³-hybridized carbons (Fsp3) is 0.588. The third kappa shape index (κ3) is 3.88. The monoisotopic (exact) mass is 324 g/mol. The maximum atomic E-state index is 12.4. The Morgan fingerprint density at radius 2 is 2.00 bits per heavy atom. The number of hydrogen-bond donors (Lipinski definition) is 1. The standard InChI is InChI=1S/C17H24O4S/c1-3-13-10-7-11-17(2,15(13)12-22(19)20)21-16(18)14-8-5-4-6-9-14/h4-6,8-9,13,15,22H,3,7,10-12H2,1-2H3. The quantitative estimate of drug-likeness (QED) is 0.668. The van der Waals surface area contributed by atoms with E-state index in [1.165, 1.54) is 0 Å². The molecule has 1 fully saturated rings. The zero-order chi connectivity index (χ0) is 16.2. The van der Waals surface area contributed by atoms with Gasteiger partial charge >= 0.3 is 5.97 Å². The lowest BCUT2D eigenvalue weighted by Crippen LogP contribution is -2.48. The summed E-state index contributed by atoms with van der Waals surface area (Å²) in [5.41, 5.74) is -0.200. The Bertz CT molecular complexity index is 574. The number of thiol groups is 1. The third-order valence-electron chi connectivity index (χ3n) is 4.81. The van der Waals surface area contributed by atoms with E-state index in [4.69, 9.17) is 4.74 Å². The summed E-state index contributed by atoms with van der Waals surface area (Å²) in [4.78, 5) is 12.4. The van der Waals surface area contributed by atoms with Crippen LogP contribution in [0.3, 0.4) is 0 Å². The Morgan fingerprint density at radius 3 is 2.59 bits per heavy atom. The summed E-state index contributed by atoms with van der Waals surface area (Å²) >= 11 is 0. The van der Waals surface area contributed by atoms with E-state index in [1.54, 1.807) is 24.3 Å². The second kappa shape index (κ2) is 7.27. The number of hydrogen-bond acceptors (Lipinski definition) is 4. The maximum Gasteiger partial charge on any atom is 0.338 e. The number of esters is 1. The van der Waals surface area contributed by atoms with Crippen molar-refractivity contribution >= 4 is 16.7 Å². The zero-order valence-corrected chi connectivity index (χ0v) is 14.1. The van der Waals surface area contributed by atoms with Gasteiger partial charge in [-0.2, -0.15) is 0 Å². The van der Waals surface area contributed by atoms with Crippen LogP contribution in [0.2, 0.25) is 0 Å². The smallest absolute Gasteiger partial charge is 0.338 e. The van der Waals surface area contributed by atoms with E-state index in [0.717, 1.165) is 25.7 Å². The summed E-state index contributed by atoms with van der Waals surface area (Å²) in [6.45, 7) is 3.96. The first-order chi connectivity index (χ1) is 10.5. The molecule has 1 aromatic carbocycles. The van der Waals surface area contributed by atoms with Gasteiger partial charge in [-0.25, -0.2) is 13.2 Å². The second-order valence-electron chi connectivity index (χ2n) is 6.25. The maximum absolute atomic E-state index is 12.4. The first kappa shape index (κ1) is 17.0. The van der Waals surface area contributed by atoms with Gasteiger partial charge in [0.15, 0.2) is 0 Å². The molecular weight excluding hydrogens is 300 g/mol. The van der Waals surface area contributed by atoms with Crippen LogP contribution in [-0.4, -0.2) is 25.7 Å². The van der Waals surface area contributed by atoms with Crippen molar-refractivity contribution in [3.8, 4) is 0 Å². The van der Waals surface area contributed by atoms with Gasteiger partial charge in [0.1, 0.15) is 16.3 Å². The fourth-order valence-corrected chi connectivity index (χ4v) is 4.57. The van der Waals surface area contributed by atoms with Crippen molar-refractivity contribution in [3.63, 3.8) is 0 Å². The molecule has 122 valence electrons. The molecule has 0 aliphatic heterocycles. The van der Waals surface area contributed by atoms with Gasteiger partial charge in [-0.3, -0.25) is 0 Å². The highest BCUT2D eigenvalue weighted by Crippen LogP contribution is 2.42. The topological polar surface area (TPSA) is 60.4 Å². The van der Waals surface area contributed by atoms with Gasteiger partial charge in [0, 0.05) is 5.92 Å². The minimum absolute atomic E-state index is 0.0897.